The zero-order valence-corrected chi connectivity index (χ0v) is 6.47. The molecule has 0 aromatic heterocycles. The largest absolute Gasteiger partial charge is 0.731 e. The van der Waals surface area contributed by atoms with Gasteiger partial charge in [0, 0.05) is 0 Å². The van der Waals surface area contributed by atoms with Gasteiger partial charge in [-0.15, -0.1) is 0 Å². The molecule has 66 valence electrons. The minimum Gasteiger partial charge on any atom is -0.731 e. The topological polar surface area (TPSA) is 54.0 Å². The molecule has 5 nitrogen and oxygen atoms in total. The van der Waals surface area contributed by atoms with Crippen LogP contribution >= 0.6 is 0 Å². The molecule has 0 aliphatic carbocycles. The third-order valence-corrected chi connectivity index (χ3v) is 1.13. The van der Waals surface area contributed by atoms with E-state index in [0.717, 1.165) is 0 Å². The summed E-state index contributed by atoms with van der Waals surface area (Å²) in [5.74, 6) is 0. The Morgan fingerprint density at radius 2 is 1.92 bits per heavy atom. The number of nitrogens with zero attached hydrogens (tertiary/aromatic N) is 1. The van der Waals surface area contributed by atoms with Crippen molar-refractivity contribution in [2.24, 2.45) is 0 Å². The predicted molar refractivity (Wildman–Crippen MR) is 41.5 cm³/mol. The molecule has 0 spiro atoms. The number of hydrogen-bond donors (Lipinski definition) is 0. The van der Waals surface area contributed by atoms with Gasteiger partial charge in [-0.05, 0) is 17.2 Å². The van der Waals surface area contributed by atoms with Crippen molar-refractivity contribution >= 4 is 5.69 Å². The predicted octanol–water partition coefficient (Wildman–Crippen LogP) is 1.42. The molecule has 0 atom stereocenters. The highest BCUT2D eigenvalue weighted by atomic mass is 17.6. The van der Waals surface area contributed by atoms with E-state index in [1.165, 1.54) is 7.11 Å². The van der Waals surface area contributed by atoms with Crippen molar-refractivity contribution in [2.75, 3.05) is 12.3 Å². The standard InChI is InChI=1S/C7H8NO4/c1-10-12-11-8(9)7-5-3-2-4-6-7/h2-6H,1H3/q-1. The summed E-state index contributed by atoms with van der Waals surface area (Å²) in [6, 6.07) is 8.35. The van der Waals surface area contributed by atoms with E-state index in [-0.39, 0.29) is 5.23 Å². The molecule has 0 saturated carbocycles. The molecule has 12 heavy (non-hydrogen) atoms. The third-order valence-electron chi connectivity index (χ3n) is 1.13. The van der Waals surface area contributed by atoms with Crippen molar-refractivity contribution in [2.45, 2.75) is 0 Å². The lowest BCUT2D eigenvalue weighted by Gasteiger charge is -2.24. The van der Waals surface area contributed by atoms with Crippen molar-refractivity contribution in [3.8, 4) is 0 Å². The van der Waals surface area contributed by atoms with Crippen LogP contribution in [-0.4, -0.2) is 7.11 Å². The van der Waals surface area contributed by atoms with Crippen LogP contribution in [0.15, 0.2) is 30.3 Å². The van der Waals surface area contributed by atoms with Gasteiger partial charge in [-0.2, -0.15) is 0 Å². The van der Waals surface area contributed by atoms with Crippen molar-refractivity contribution in [3.05, 3.63) is 35.5 Å². The summed E-state index contributed by atoms with van der Waals surface area (Å²) in [5, 5.41) is 15.1. The van der Waals surface area contributed by atoms with E-state index in [1.54, 1.807) is 30.3 Å². The van der Waals surface area contributed by atoms with Gasteiger partial charge < -0.3 is 5.21 Å². The maximum atomic E-state index is 10.9. The van der Waals surface area contributed by atoms with Crippen LogP contribution in [0.4, 0.5) is 5.69 Å². The Balaban J connectivity index is 2.48. The van der Waals surface area contributed by atoms with Gasteiger partial charge >= 0.3 is 0 Å². The Bertz CT molecular complexity index is 216. The Morgan fingerprint density at radius 3 is 2.50 bits per heavy atom. The van der Waals surface area contributed by atoms with Gasteiger partial charge in [-0.3, -0.25) is 5.23 Å². The average molecular weight is 170 g/mol. The summed E-state index contributed by atoms with van der Waals surface area (Å²) in [4.78, 5) is 8.20. The van der Waals surface area contributed by atoms with Crippen LogP contribution in [0.1, 0.15) is 0 Å². The van der Waals surface area contributed by atoms with Crippen LogP contribution in [0.25, 0.3) is 0 Å². The van der Waals surface area contributed by atoms with Crippen LogP contribution in [0, 0.1) is 5.21 Å². The van der Waals surface area contributed by atoms with E-state index >= 15 is 0 Å². The second kappa shape index (κ2) is 4.68. The molecule has 0 fully saturated rings. The molecular formula is C7H8NO4-. The maximum Gasteiger partial charge on any atom is 0.0745 e. The number of rotatable bonds is 4. The number of benzene rings is 1. The second-order valence-electron chi connectivity index (χ2n) is 1.90. The van der Waals surface area contributed by atoms with Crippen molar-refractivity contribution in [3.63, 3.8) is 0 Å². The Kier molecular flexibility index (Phi) is 3.49. The second-order valence-corrected chi connectivity index (χ2v) is 1.90. The van der Waals surface area contributed by atoms with E-state index in [1.807, 2.05) is 0 Å². The summed E-state index contributed by atoms with van der Waals surface area (Å²) in [6.45, 7) is 0. The molecular weight excluding hydrogens is 162 g/mol. The molecule has 0 radical (unpaired) electrons. The lowest BCUT2D eigenvalue weighted by atomic mass is 10.3. The van der Waals surface area contributed by atoms with Gasteiger partial charge in [0.2, 0.25) is 0 Å². The Labute approximate surface area is 69.5 Å². The summed E-state index contributed by atoms with van der Waals surface area (Å²) in [7, 11) is 1.23. The van der Waals surface area contributed by atoms with E-state index in [9.17, 15) is 5.21 Å². The smallest absolute Gasteiger partial charge is 0.0745 e. The molecule has 0 N–H and O–H groups in total. The molecule has 0 aliphatic rings. The zero-order valence-electron chi connectivity index (χ0n) is 6.47. The van der Waals surface area contributed by atoms with Gasteiger partial charge in [0.1, 0.15) is 0 Å². The molecule has 0 amide bonds. The normalized spacial score (nSPS) is 9.83. The lowest BCUT2D eigenvalue weighted by molar-refractivity contribution is -0.504. The Morgan fingerprint density at radius 1 is 1.25 bits per heavy atom. The maximum absolute atomic E-state index is 10.9. The third kappa shape index (κ3) is 2.48. The minimum absolute atomic E-state index is 0.198. The molecule has 1 aromatic carbocycles. The average Bonchev–Trinajstić information content (AvgIpc) is 2.15. The molecule has 0 bridgehead atoms. The monoisotopic (exact) mass is 170 g/mol. The quantitative estimate of drug-likeness (QED) is 0.505. The van der Waals surface area contributed by atoms with E-state index in [4.69, 9.17) is 0 Å². The van der Waals surface area contributed by atoms with Crippen LogP contribution in [0.2, 0.25) is 0 Å². The zero-order chi connectivity index (χ0) is 8.81. The van der Waals surface area contributed by atoms with Crippen LogP contribution < -0.4 is 5.23 Å². The van der Waals surface area contributed by atoms with E-state index in [2.05, 4.69) is 14.9 Å². The summed E-state index contributed by atoms with van der Waals surface area (Å²) < 4.78 is 0. The van der Waals surface area contributed by atoms with Gasteiger partial charge in [0.05, 0.1) is 12.8 Å². The van der Waals surface area contributed by atoms with Gasteiger partial charge in [-0.1, -0.05) is 23.2 Å². The fourth-order valence-electron chi connectivity index (χ4n) is 0.651. The summed E-state index contributed by atoms with van der Waals surface area (Å²) >= 11 is 0. The SMILES string of the molecule is COOON([O-])c1ccccc1. The first kappa shape index (κ1) is 8.95. The van der Waals surface area contributed by atoms with E-state index in [0.29, 0.717) is 5.69 Å². The van der Waals surface area contributed by atoms with Crippen LogP contribution in [0.5, 0.6) is 0 Å². The highest BCUT2D eigenvalue weighted by Crippen LogP contribution is 2.11. The molecule has 0 aliphatic heterocycles. The fourth-order valence-corrected chi connectivity index (χ4v) is 0.651. The van der Waals surface area contributed by atoms with Crippen molar-refractivity contribution in [1.82, 2.24) is 0 Å². The first-order valence-corrected chi connectivity index (χ1v) is 3.24. The van der Waals surface area contributed by atoms with Crippen LogP contribution in [-0.2, 0) is 14.9 Å². The molecule has 1 rings (SSSR count). The fraction of sp³-hybridized carbons (Fsp3) is 0.143. The molecule has 0 heterocycles. The molecule has 0 saturated heterocycles. The molecule has 5 heteroatoms. The van der Waals surface area contributed by atoms with E-state index < -0.39 is 0 Å². The number of para-hydroxylation sites is 1. The number of hydrogen-bond acceptors (Lipinski definition) is 5. The summed E-state index contributed by atoms with van der Waals surface area (Å²) in [5.41, 5.74) is 0.328. The number of anilines is 1. The van der Waals surface area contributed by atoms with Gasteiger partial charge in [-0.25, -0.2) is 4.89 Å². The lowest BCUT2D eigenvalue weighted by Crippen LogP contribution is -2.15. The minimum atomic E-state index is 0.198. The van der Waals surface area contributed by atoms with Crippen LogP contribution in [0.3, 0.4) is 0 Å². The van der Waals surface area contributed by atoms with Crippen molar-refractivity contribution < 1.29 is 14.9 Å². The highest BCUT2D eigenvalue weighted by molar-refractivity contribution is 5.43. The molecule has 1 aromatic rings. The first-order valence-electron chi connectivity index (χ1n) is 3.24. The van der Waals surface area contributed by atoms with Gasteiger partial charge in [0.15, 0.2) is 0 Å². The summed E-state index contributed by atoms with van der Waals surface area (Å²) in [6.07, 6.45) is 0. The first-order chi connectivity index (χ1) is 5.84. The molecule has 0 unspecified atom stereocenters. The van der Waals surface area contributed by atoms with Gasteiger partial charge in [0.25, 0.3) is 0 Å². The Hall–Kier alpha value is -1.14. The highest BCUT2D eigenvalue weighted by Gasteiger charge is 1.93. The van der Waals surface area contributed by atoms with Crippen molar-refractivity contribution in [1.29, 1.82) is 0 Å².